The molecule has 0 amide bonds. The van der Waals surface area contributed by atoms with E-state index < -0.39 is 11.1 Å². The van der Waals surface area contributed by atoms with Crippen molar-refractivity contribution in [2.45, 2.75) is 18.8 Å². The average Bonchev–Trinajstić information content (AvgIpc) is 3.04. The molecule has 2 saturated heterocycles. The summed E-state index contributed by atoms with van der Waals surface area (Å²) in [4.78, 5) is 21.7. The fourth-order valence-electron chi connectivity index (χ4n) is 2.43. The van der Waals surface area contributed by atoms with E-state index in [2.05, 4.69) is 0 Å². The fraction of sp³-hybridized carbons (Fsp3) is 0.462. The smallest absolute Gasteiger partial charge is 0.428 e. The van der Waals surface area contributed by atoms with Crippen LogP contribution in [0.1, 0.15) is 6.42 Å². The van der Waals surface area contributed by atoms with Crippen molar-refractivity contribution in [2.24, 2.45) is 5.92 Å². The monoisotopic (exact) mass is 295 g/mol. The standard InChI is InChI=1S/C13H13NO7/c15-13(20-9-3-1-8(2-4-9)14(16)17)21-11-7-19-12-10(11)5-6-18-12/h1-4,10-12H,5-7H2/t10-,11-,12-/m0/s1. The summed E-state index contributed by atoms with van der Waals surface area (Å²) >= 11 is 0. The van der Waals surface area contributed by atoms with Crippen molar-refractivity contribution >= 4 is 11.8 Å². The molecule has 0 unspecified atom stereocenters. The van der Waals surface area contributed by atoms with E-state index in [1.54, 1.807) is 0 Å². The molecule has 2 aliphatic heterocycles. The van der Waals surface area contributed by atoms with E-state index in [4.69, 9.17) is 18.9 Å². The number of carbonyl (C=O) groups is 1. The first-order chi connectivity index (χ1) is 10.1. The Balaban J connectivity index is 1.55. The molecule has 2 fully saturated rings. The lowest BCUT2D eigenvalue weighted by atomic mass is 10.0. The molecule has 112 valence electrons. The van der Waals surface area contributed by atoms with Gasteiger partial charge in [0.15, 0.2) is 6.29 Å². The Bertz CT molecular complexity index is 544. The zero-order chi connectivity index (χ0) is 14.8. The SMILES string of the molecule is O=C(Oc1ccc([N+](=O)[O-])cc1)O[C@H]1CO[C@@H]2OCC[C@H]21. The number of carbonyl (C=O) groups excluding carboxylic acids is 1. The number of non-ortho nitro benzene ring substituents is 1. The zero-order valence-corrected chi connectivity index (χ0v) is 11.0. The van der Waals surface area contributed by atoms with Gasteiger partial charge in [0, 0.05) is 12.1 Å². The molecule has 0 aliphatic carbocycles. The third kappa shape index (κ3) is 2.96. The molecule has 3 rings (SSSR count). The van der Waals surface area contributed by atoms with Crippen molar-refractivity contribution in [3.8, 4) is 5.75 Å². The second kappa shape index (κ2) is 5.66. The van der Waals surface area contributed by atoms with E-state index in [0.717, 1.165) is 6.42 Å². The van der Waals surface area contributed by atoms with Crippen molar-refractivity contribution < 1.29 is 28.7 Å². The van der Waals surface area contributed by atoms with Crippen LogP contribution in [-0.4, -0.2) is 36.7 Å². The Morgan fingerprint density at radius 1 is 1.29 bits per heavy atom. The van der Waals surface area contributed by atoms with Crippen LogP contribution in [0.15, 0.2) is 24.3 Å². The number of hydrogen-bond donors (Lipinski definition) is 0. The van der Waals surface area contributed by atoms with Crippen molar-refractivity contribution in [2.75, 3.05) is 13.2 Å². The highest BCUT2D eigenvalue weighted by atomic mass is 16.8. The van der Waals surface area contributed by atoms with Crippen LogP contribution in [0.4, 0.5) is 10.5 Å². The summed E-state index contributed by atoms with van der Waals surface area (Å²) in [5, 5.41) is 10.5. The highest BCUT2D eigenvalue weighted by Gasteiger charge is 2.44. The van der Waals surface area contributed by atoms with Crippen LogP contribution in [0, 0.1) is 16.0 Å². The summed E-state index contributed by atoms with van der Waals surface area (Å²) < 4.78 is 20.9. The maximum absolute atomic E-state index is 11.7. The summed E-state index contributed by atoms with van der Waals surface area (Å²) in [6.07, 6.45) is -0.768. The van der Waals surface area contributed by atoms with Gasteiger partial charge in [-0.05, 0) is 18.6 Å². The normalized spacial score (nSPS) is 27.1. The molecule has 8 nitrogen and oxygen atoms in total. The quantitative estimate of drug-likeness (QED) is 0.363. The minimum Gasteiger partial charge on any atom is -0.428 e. The lowest BCUT2D eigenvalue weighted by Gasteiger charge is -2.15. The molecular formula is C13H13NO7. The van der Waals surface area contributed by atoms with E-state index in [-0.39, 0.29) is 36.4 Å². The first-order valence-electron chi connectivity index (χ1n) is 6.49. The number of benzene rings is 1. The van der Waals surface area contributed by atoms with E-state index >= 15 is 0 Å². The predicted molar refractivity (Wildman–Crippen MR) is 67.8 cm³/mol. The van der Waals surface area contributed by atoms with Gasteiger partial charge in [-0.1, -0.05) is 0 Å². The molecular weight excluding hydrogens is 282 g/mol. The minimum atomic E-state index is -0.856. The van der Waals surface area contributed by atoms with Crippen LogP contribution in [0.2, 0.25) is 0 Å². The molecule has 0 saturated carbocycles. The van der Waals surface area contributed by atoms with Gasteiger partial charge in [-0.3, -0.25) is 10.1 Å². The Labute approximate surface area is 119 Å². The van der Waals surface area contributed by atoms with E-state index in [1.807, 2.05) is 0 Å². The second-order valence-corrected chi connectivity index (χ2v) is 4.78. The van der Waals surface area contributed by atoms with Crippen molar-refractivity contribution in [1.82, 2.24) is 0 Å². The van der Waals surface area contributed by atoms with Gasteiger partial charge in [-0.25, -0.2) is 4.79 Å². The maximum atomic E-state index is 11.7. The molecule has 3 atom stereocenters. The van der Waals surface area contributed by atoms with E-state index in [9.17, 15) is 14.9 Å². The molecule has 0 aromatic heterocycles. The molecule has 1 aromatic carbocycles. The third-order valence-corrected chi connectivity index (χ3v) is 3.48. The molecule has 8 heteroatoms. The van der Waals surface area contributed by atoms with Gasteiger partial charge in [0.1, 0.15) is 11.9 Å². The molecule has 0 N–H and O–H groups in total. The minimum absolute atomic E-state index is 0.0365. The molecule has 21 heavy (non-hydrogen) atoms. The first-order valence-corrected chi connectivity index (χ1v) is 6.49. The Morgan fingerprint density at radius 2 is 2.05 bits per heavy atom. The summed E-state index contributed by atoms with van der Waals surface area (Å²) in [5.41, 5.74) is -0.0779. The van der Waals surface area contributed by atoms with Crippen LogP contribution in [-0.2, 0) is 14.2 Å². The highest BCUT2D eigenvalue weighted by Crippen LogP contribution is 2.33. The van der Waals surface area contributed by atoms with Crippen LogP contribution in [0.25, 0.3) is 0 Å². The third-order valence-electron chi connectivity index (χ3n) is 3.48. The largest absolute Gasteiger partial charge is 0.514 e. The summed E-state index contributed by atoms with van der Waals surface area (Å²) in [6, 6.07) is 5.18. The number of ether oxygens (including phenoxy) is 4. The molecule has 0 spiro atoms. The van der Waals surface area contributed by atoms with Crippen molar-refractivity contribution in [3.63, 3.8) is 0 Å². The van der Waals surface area contributed by atoms with Crippen LogP contribution in [0.3, 0.4) is 0 Å². The van der Waals surface area contributed by atoms with Gasteiger partial charge in [0.05, 0.1) is 24.1 Å². The molecule has 2 aliphatic rings. The molecule has 2 heterocycles. The van der Waals surface area contributed by atoms with Crippen molar-refractivity contribution in [3.05, 3.63) is 34.4 Å². The zero-order valence-electron chi connectivity index (χ0n) is 11.0. The lowest BCUT2D eigenvalue weighted by Crippen LogP contribution is -2.27. The van der Waals surface area contributed by atoms with Gasteiger partial charge < -0.3 is 18.9 Å². The first kappa shape index (κ1) is 13.8. The average molecular weight is 295 g/mol. The Kier molecular flexibility index (Phi) is 3.72. The number of hydrogen-bond acceptors (Lipinski definition) is 7. The fourth-order valence-corrected chi connectivity index (χ4v) is 2.43. The molecule has 1 aromatic rings. The Morgan fingerprint density at radius 3 is 2.76 bits per heavy atom. The topological polar surface area (TPSA) is 97.1 Å². The van der Waals surface area contributed by atoms with E-state index in [0.29, 0.717) is 6.61 Å². The molecule has 0 bridgehead atoms. The maximum Gasteiger partial charge on any atom is 0.514 e. The van der Waals surface area contributed by atoms with Crippen molar-refractivity contribution in [1.29, 1.82) is 0 Å². The van der Waals surface area contributed by atoms with E-state index in [1.165, 1.54) is 24.3 Å². The van der Waals surface area contributed by atoms with Gasteiger partial charge >= 0.3 is 6.16 Å². The van der Waals surface area contributed by atoms with Gasteiger partial charge in [-0.15, -0.1) is 0 Å². The van der Waals surface area contributed by atoms with Crippen LogP contribution >= 0.6 is 0 Å². The van der Waals surface area contributed by atoms with Crippen LogP contribution < -0.4 is 4.74 Å². The summed E-state index contributed by atoms with van der Waals surface area (Å²) in [5.74, 6) is 0.221. The number of fused-ring (bicyclic) bond motifs is 1. The lowest BCUT2D eigenvalue weighted by molar-refractivity contribution is -0.384. The second-order valence-electron chi connectivity index (χ2n) is 4.78. The number of rotatable bonds is 3. The number of nitro groups is 1. The Hall–Kier alpha value is -2.19. The summed E-state index contributed by atoms with van der Waals surface area (Å²) in [6.45, 7) is 0.872. The molecule has 0 radical (unpaired) electrons. The van der Waals surface area contributed by atoms with Gasteiger partial charge in [0.2, 0.25) is 0 Å². The highest BCUT2D eigenvalue weighted by molar-refractivity contribution is 5.64. The van der Waals surface area contributed by atoms with Crippen LogP contribution in [0.5, 0.6) is 5.75 Å². The number of nitrogens with zero attached hydrogens (tertiary/aromatic N) is 1. The number of nitro benzene ring substituents is 1. The summed E-state index contributed by atoms with van der Waals surface area (Å²) in [7, 11) is 0. The predicted octanol–water partition coefficient (Wildman–Crippen LogP) is 1.87. The van der Waals surface area contributed by atoms with Gasteiger partial charge in [-0.2, -0.15) is 0 Å². The van der Waals surface area contributed by atoms with Gasteiger partial charge in [0.25, 0.3) is 5.69 Å².